The van der Waals surface area contributed by atoms with Crippen molar-refractivity contribution in [2.45, 2.75) is 19.0 Å². The van der Waals surface area contributed by atoms with E-state index in [1.807, 2.05) is 17.0 Å². The molecule has 0 aromatic heterocycles. The SMILES string of the molecule is COC(=O)C[C@@H]1C(=O)NCCN1Cc1cc2c(cc1Br)OCCO2. The average molecular weight is 399 g/mol. The van der Waals surface area contributed by atoms with Crippen molar-refractivity contribution in [1.29, 1.82) is 0 Å². The van der Waals surface area contributed by atoms with Crippen LogP contribution in [0.3, 0.4) is 0 Å². The lowest BCUT2D eigenvalue weighted by molar-refractivity contribution is -0.146. The zero-order chi connectivity index (χ0) is 17.1. The molecule has 0 unspecified atom stereocenters. The smallest absolute Gasteiger partial charge is 0.307 e. The maximum atomic E-state index is 12.1. The third-order valence-corrected chi connectivity index (χ3v) is 4.85. The Balaban J connectivity index is 1.80. The second kappa shape index (κ2) is 7.40. The molecule has 0 spiro atoms. The van der Waals surface area contributed by atoms with E-state index >= 15 is 0 Å². The highest BCUT2D eigenvalue weighted by Gasteiger charge is 2.32. The number of esters is 1. The first-order valence-corrected chi connectivity index (χ1v) is 8.54. The Kier molecular flexibility index (Phi) is 5.25. The van der Waals surface area contributed by atoms with E-state index in [0.29, 0.717) is 44.3 Å². The van der Waals surface area contributed by atoms with Gasteiger partial charge in [0, 0.05) is 24.1 Å². The van der Waals surface area contributed by atoms with E-state index in [2.05, 4.69) is 21.2 Å². The molecule has 130 valence electrons. The lowest BCUT2D eigenvalue weighted by Crippen LogP contribution is -2.55. The van der Waals surface area contributed by atoms with Crippen LogP contribution in [0.4, 0.5) is 0 Å². The molecule has 0 saturated carbocycles. The van der Waals surface area contributed by atoms with Crippen LogP contribution in [0, 0.1) is 0 Å². The number of halogens is 1. The molecule has 1 atom stereocenters. The van der Waals surface area contributed by atoms with Crippen LogP contribution in [-0.4, -0.2) is 56.2 Å². The summed E-state index contributed by atoms with van der Waals surface area (Å²) in [5.74, 6) is 0.855. The molecule has 24 heavy (non-hydrogen) atoms. The summed E-state index contributed by atoms with van der Waals surface area (Å²) >= 11 is 3.55. The van der Waals surface area contributed by atoms with E-state index in [4.69, 9.17) is 14.2 Å². The molecule has 1 fully saturated rings. The third-order valence-electron chi connectivity index (χ3n) is 4.11. The van der Waals surface area contributed by atoms with Gasteiger partial charge in [0.2, 0.25) is 5.91 Å². The number of amides is 1. The second-order valence-corrected chi connectivity index (χ2v) is 6.50. The molecule has 1 aromatic carbocycles. The minimum atomic E-state index is -0.536. The maximum Gasteiger partial charge on any atom is 0.307 e. The van der Waals surface area contributed by atoms with Gasteiger partial charge in [-0.25, -0.2) is 0 Å². The van der Waals surface area contributed by atoms with Crippen LogP contribution in [0.25, 0.3) is 0 Å². The maximum absolute atomic E-state index is 12.1. The van der Waals surface area contributed by atoms with Crippen LogP contribution in [0.1, 0.15) is 12.0 Å². The summed E-state index contributed by atoms with van der Waals surface area (Å²) in [6.45, 7) is 2.79. The number of nitrogens with zero attached hydrogens (tertiary/aromatic N) is 1. The number of nitrogens with one attached hydrogen (secondary N) is 1. The van der Waals surface area contributed by atoms with E-state index in [1.54, 1.807) is 0 Å². The van der Waals surface area contributed by atoms with Crippen molar-refractivity contribution in [2.24, 2.45) is 0 Å². The van der Waals surface area contributed by atoms with E-state index in [9.17, 15) is 9.59 Å². The van der Waals surface area contributed by atoms with Crippen LogP contribution in [0.5, 0.6) is 11.5 Å². The monoisotopic (exact) mass is 398 g/mol. The van der Waals surface area contributed by atoms with Gasteiger partial charge in [0.05, 0.1) is 13.5 Å². The summed E-state index contributed by atoms with van der Waals surface area (Å²) in [7, 11) is 1.32. The van der Waals surface area contributed by atoms with Crippen molar-refractivity contribution in [3.05, 3.63) is 22.2 Å². The number of methoxy groups -OCH3 is 1. The molecule has 1 saturated heterocycles. The second-order valence-electron chi connectivity index (χ2n) is 5.64. The normalized spacial score (nSPS) is 20.4. The zero-order valence-electron chi connectivity index (χ0n) is 13.3. The number of carbonyl (C=O) groups is 2. The largest absolute Gasteiger partial charge is 0.486 e. The topological polar surface area (TPSA) is 77.1 Å². The molecule has 2 heterocycles. The molecule has 2 aliphatic heterocycles. The Morgan fingerprint density at radius 3 is 2.79 bits per heavy atom. The van der Waals surface area contributed by atoms with Gasteiger partial charge in [-0.2, -0.15) is 0 Å². The van der Waals surface area contributed by atoms with Gasteiger partial charge in [-0.05, 0) is 17.7 Å². The number of hydrogen-bond acceptors (Lipinski definition) is 6. The summed E-state index contributed by atoms with van der Waals surface area (Å²) in [5.41, 5.74) is 0.976. The molecule has 8 heteroatoms. The number of fused-ring (bicyclic) bond motifs is 1. The number of piperazine rings is 1. The molecule has 1 N–H and O–H groups in total. The van der Waals surface area contributed by atoms with Crippen molar-refractivity contribution in [3.8, 4) is 11.5 Å². The number of benzene rings is 1. The third kappa shape index (κ3) is 3.64. The van der Waals surface area contributed by atoms with Crippen molar-refractivity contribution >= 4 is 27.8 Å². The molecular weight excluding hydrogens is 380 g/mol. The Hall–Kier alpha value is -1.80. The van der Waals surface area contributed by atoms with Gasteiger partial charge in [0.1, 0.15) is 19.3 Å². The van der Waals surface area contributed by atoms with Crippen LogP contribution in [0.2, 0.25) is 0 Å². The number of hydrogen-bond donors (Lipinski definition) is 1. The Morgan fingerprint density at radius 1 is 1.38 bits per heavy atom. The fraction of sp³-hybridized carbons (Fsp3) is 0.500. The molecule has 2 aliphatic rings. The molecule has 1 amide bonds. The van der Waals surface area contributed by atoms with Gasteiger partial charge < -0.3 is 19.5 Å². The fourth-order valence-corrected chi connectivity index (χ4v) is 3.31. The first-order chi connectivity index (χ1) is 11.6. The van der Waals surface area contributed by atoms with Crippen LogP contribution in [0.15, 0.2) is 16.6 Å². The van der Waals surface area contributed by atoms with Crippen molar-refractivity contribution in [2.75, 3.05) is 33.4 Å². The number of rotatable bonds is 4. The fourth-order valence-electron chi connectivity index (χ4n) is 2.86. The lowest BCUT2D eigenvalue weighted by atomic mass is 10.1. The highest BCUT2D eigenvalue weighted by atomic mass is 79.9. The van der Waals surface area contributed by atoms with Crippen molar-refractivity contribution < 1.29 is 23.8 Å². The van der Waals surface area contributed by atoms with E-state index in [0.717, 1.165) is 10.0 Å². The summed E-state index contributed by atoms with van der Waals surface area (Å²) in [6, 6.07) is 3.26. The van der Waals surface area contributed by atoms with Gasteiger partial charge in [0.25, 0.3) is 0 Å². The summed E-state index contributed by atoms with van der Waals surface area (Å²) in [6.07, 6.45) is 0.0322. The Labute approximate surface area is 148 Å². The summed E-state index contributed by atoms with van der Waals surface area (Å²) in [5, 5.41) is 2.80. The van der Waals surface area contributed by atoms with Crippen molar-refractivity contribution in [1.82, 2.24) is 10.2 Å². The number of ether oxygens (including phenoxy) is 3. The predicted molar refractivity (Wildman–Crippen MR) is 89.0 cm³/mol. The molecule has 7 nitrogen and oxygen atoms in total. The van der Waals surface area contributed by atoms with E-state index < -0.39 is 12.0 Å². The van der Waals surface area contributed by atoms with E-state index in [-0.39, 0.29) is 12.3 Å². The van der Waals surface area contributed by atoms with Gasteiger partial charge >= 0.3 is 5.97 Å². The predicted octanol–water partition coefficient (Wildman–Crippen LogP) is 1.08. The molecule has 1 aromatic rings. The number of carbonyl (C=O) groups excluding carboxylic acids is 2. The minimum absolute atomic E-state index is 0.0322. The highest BCUT2D eigenvalue weighted by Crippen LogP contribution is 2.36. The van der Waals surface area contributed by atoms with Gasteiger partial charge in [-0.15, -0.1) is 0 Å². The molecule has 0 radical (unpaired) electrons. The summed E-state index contributed by atoms with van der Waals surface area (Å²) < 4.78 is 16.8. The Morgan fingerprint density at radius 2 is 2.08 bits per heavy atom. The molecular formula is C16H19BrN2O5. The van der Waals surface area contributed by atoms with Gasteiger partial charge in [0.15, 0.2) is 11.5 Å². The first-order valence-electron chi connectivity index (χ1n) is 7.75. The quantitative estimate of drug-likeness (QED) is 0.764. The van der Waals surface area contributed by atoms with Gasteiger partial charge in [-0.3, -0.25) is 14.5 Å². The van der Waals surface area contributed by atoms with Crippen LogP contribution >= 0.6 is 15.9 Å². The van der Waals surface area contributed by atoms with Gasteiger partial charge in [-0.1, -0.05) is 15.9 Å². The summed E-state index contributed by atoms with van der Waals surface area (Å²) in [4.78, 5) is 25.7. The molecule has 3 rings (SSSR count). The average Bonchev–Trinajstić information content (AvgIpc) is 2.58. The lowest BCUT2D eigenvalue weighted by Gasteiger charge is -2.34. The Bertz CT molecular complexity index is 652. The van der Waals surface area contributed by atoms with Crippen LogP contribution in [-0.2, 0) is 20.9 Å². The molecule has 0 bridgehead atoms. The van der Waals surface area contributed by atoms with Crippen molar-refractivity contribution in [3.63, 3.8) is 0 Å². The van der Waals surface area contributed by atoms with E-state index in [1.165, 1.54) is 7.11 Å². The highest BCUT2D eigenvalue weighted by molar-refractivity contribution is 9.10. The zero-order valence-corrected chi connectivity index (χ0v) is 14.9. The van der Waals surface area contributed by atoms with Crippen LogP contribution < -0.4 is 14.8 Å². The minimum Gasteiger partial charge on any atom is -0.486 e. The standard InChI is InChI=1S/C16H19BrN2O5/c1-22-15(20)8-12-16(21)18-2-3-19(12)9-10-6-13-14(7-11(10)17)24-5-4-23-13/h6-7,12H,2-5,8-9H2,1H3,(H,18,21)/t12-/m1/s1. The molecule has 0 aliphatic carbocycles. The first kappa shape index (κ1) is 17.0.